The standard InChI is InChI=1S/C21H25FO3/c1-12(23)15-6-7-16-17-5-4-13-10-14(24)8-9-20(13,3)21(17,22)18(25)11-19(15,16)2/h6,10,16-17H,4-5,7-9,11H2,1-3H3/t16-,17-,19+,20-,21?/m0/s1. The van der Waals surface area contributed by atoms with Gasteiger partial charge in [-0.15, -0.1) is 0 Å². The fourth-order valence-corrected chi connectivity index (χ4v) is 6.42. The van der Waals surface area contributed by atoms with E-state index in [0.717, 1.165) is 5.57 Å². The number of alkyl halides is 1. The SMILES string of the molecule is CC(=O)C1=CC[C@H]2[C@@H]3CCC4=CC(=O)CC[C@]4(C)C3(F)C(=O)C[C@]12C. The lowest BCUT2D eigenvalue weighted by Crippen LogP contribution is -2.65. The monoisotopic (exact) mass is 344 g/mol. The van der Waals surface area contributed by atoms with Crippen LogP contribution in [-0.4, -0.2) is 23.0 Å². The summed E-state index contributed by atoms with van der Waals surface area (Å²) in [6, 6.07) is 0. The summed E-state index contributed by atoms with van der Waals surface area (Å²) >= 11 is 0. The van der Waals surface area contributed by atoms with E-state index in [0.29, 0.717) is 37.7 Å². The van der Waals surface area contributed by atoms with Crippen molar-refractivity contribution in [3.8, 4) is 0 Å². The second kappa shape index (κ2) is 4.99. The number of Topliss-reactive ketones (excluding diaryl/α,β-unsaturated/α-hetero) is 2. The van der Waals surface area contributed by atoms with E-state index in [2.05, 4.69) is 0 Å². The first-order valence-electron chi connectivity index (χ1n) is 9.32. The zero-order valence-corrected chi connectivity index (χ0v) is 15.2. The van der Waals surface area contributed by atoms with Crippen molar-refractivity contribution < 1.29 is 18.8 Å². The average molecular weight is 344 g/mol. The molecule has 4 aliphatic rings. The Morgan fingerprint density at radius 1 is 1.20 bits per heavy atom. The lowest BCUT2D eigenvalue weighted by Gasteiger charge is -2.59. The van der Waals surface area contributed by atoms with Crippen molar-refractivity contribution in [1.29, 1.82) is 0 Å². The van der Waals surface area contributed by atoms with E-state index in [1.54, 1.807) is 6.08 Å². The molecule has 0 aromatic rings. The Morgan fingerprint density at radius 2 is 1.92 bits per heavy atom. The highest BCUT2D eigenvalue weighted by molar-refractivity contribution is 5.99. The predicted octanol–water partition coefficient (Wildman–Crippen LogP) is 3.91. The number of rotatable bonds is 1. The summed E-state index contributed by atoms with van der Waals surface area (Å²) in [5.74, 6) is -0.709. The van der Waals surface area contributed by atoms with Crippen LogP contribution in [0.25, 0.3) is 0 Å². The molecular formula is C21H25FO3. The molecule has 0 N–H and O–H groups in total. The van der Waals surface area contributed by atoms with Crippen LogP contribution in [0.4, 0.5) is 4.39 Å². The van der Waals surface area contributed by atoms with Crippen LogP contribution < -0.4 is 0 Å². The van der Waals surface area contributed by atoms with E-state index in [-0.39, 0.29) is 35.6 Å². The molecule has 134 valence electrons. The van der Waals surface area contributed by atoms with Crippen LogP contribution in [-0.2, 0) is 14.4 Å². The molecule has 0 amide bonds. The molecule has 4 aliphatic carbocycles. The third-order valence-corrected chi connectivity index (χ3v) is 7.76. The van der Waals surface area contributed by atoms with Crippen LogP contribution in [0, 0.1) is 22.7 Å². The van der Waals surface area contributed by atoms with Gasteiger partial charge in [0.15, 0.2) is 23.0 Å². The van der Waals surface area contributed by atoms with E-state index in [9.17, 15) is 14.4 Å². The molecule has 1 unspecified atom stereocenters. The third kappa shape index (κ3) is 1.89. The van der Waals surface area contributed by atoms with Gasteiger partial charge in [0, 0.05) is 29.6 Å². The summed E-state index contributed by atoms with van der Waals surface area (Å²) in [4.78, 5) is 37.1. The second-order valence-electron chi connectivity index (χ2n) is 8.86. The molecular weight excluding hydrogens is 319 g/mol. The Bertz CT molecular complexity index is 763. The van der Waals surface area contributed by atoms with Gasteiger partial charge in [0.05, 0.1) is 0 Å². The fourth-order valence-electron chi connectivity index (χ4n) is 6.42. The van der Waals surface area contributed by atoms with Crippen molar-refractivity contribution in [1.82, 2.24) is 0 Å². The third-order valence-electron chi connectivity index (χ3n) is 7.76. The highest BCUT2D eigenvalue weighted by Crippen LogP contribution is 2.67. The predicted molar refractivity (Wildman–Crippen MR) is 91.6 cm³/mol. The fraction of sp³-hybridized carbons (Fsp3) is 0.667. The van der Waals surface area contributed by atoms with Gasteiger partial charge in [-0.3, -0.25) is 14.4 Å². The minimum absolute atomic E-state index is 0.00460. The minimum atomic E-state index is -1.91. The highest BCUT2D eigenvalue weighted by atomic mass is 19.1. The molecule has 0 bridgehead atoms. The van der Waals surface area contributed by atoms with Gasteiger partial charge in [-0.2, -0.15) is 0 Å². The van der Waals surface area contributed by atoms with Gasteiger partial charge in [0.25, 0.3) is 0 Å². The number of carbonyl (C=O) groups is 3. The van der Waals surface area contributed by atoms with Crippen LogP contribution in [0.3, 0.4) is 0 Å². The van der Waals surface area contributed by atoms with Crippen molar-refractivity contribution in [3.05, 3.63) is 23.3 Å². The van der Waals surface area contributed by atoms with Crippen LogP contribution in [0.1, 0.15) is 59.3 Å². The number of allylic oxidation sites excluding steroid dienone is 4. The van der Waals surface area contributed by atoms with Crippen LogP contribution >= 0.6 is 0 Å². The Labute approximate surface area is 147 Å². The first kappa shape index (κ1) is 16.9. The van der Waals surface area contributed by atoms with Crippen LogP contribution in [0.5, 0.6) is 0 Å². The summed E-state index contributed by atoms with van der Waals surface area (Å²) in [5.41, 5.74) is -1.80. The second-order valence-corrected chi connectivity index (χ2v) is 8.86. The summed E-state index contributed by atoms with van der Waals surface area (Å²) in [6.45, 7) is 5.34. The smallest absolute Gasteiger partial charge is 0.180 e. The Hall–Kier alpha value is -1.58. The highest BCUT2D eigenvalue weighted by Gasteiger charge is 2.70. The molecule has 0 heterocycles. The summed E-state index contributed by atoms with van der Waals surface area (Å²) in [7, 11) is 0. The molecule has 25 heavy (non-hydrogen) atoms. The summed E-state index contributed by atoms with van der Waals surface area (Å²) in [5, 5.41) is 0. The van der Waals surface area contributed by atoms with Gasteiger partial charge < -0.3 is 0 Å². The Morgan fingerprint density at radius 3 is 2.60 bits per heavy atom. The van der Waals surface area contributed by atoms with E-state index in [4.69, 9.17) is 0 Å². The molecule has 5 atom stereocenters. The molecule has 3 nitrogen and oxygen atoms in total. The number of hydrogen-bond donors (Lipinski definition) is 0. The van der Waals surface area contributed by atoms with Gasteiger partial charge in [0.2, 0.25) is 0 Å². The zero-order valence-electron chi connectivity index (χ0n) is 15.2. The van der Waals surface area contributed by atoms with Crippen molar-refractivity contribution in [2.24, 2.45) is 22.7 Å². The maximum atomic E-state index is 16.6. The number of hydrogen-bond acceptors (Lipinski definition) is 3. The zero-order chi connectivity index (χ0) is 18.2. The lowest BCUT2D eigenvalue weighted by molar-refractivity contribution is -0.169. The lowest BCUT2D eigenvalue weighted by atomic mass is 9.45. The molecule has 2 fully saturated rings. The quantitative estimate of drug-likeness (QED) is 0.724. The topological polar surface area (TPSA) is 51.2 Å². The van der Waals surface area contributed by atoms with Crippen LogP contribution in [0.2, 0.25) is 0 Å². The van der Waals surface area contributed by atoms with Crippen molar-refractivity contribution >= 4 is 17.3 Å². The van der Waals surface area contributed by atoms with Crippen molar-refractivity contribution in [2.75, 3.05) is 0 Å². The molecule has 2 saturated carbocycles. The van der Waals surface area contributed by atoms with E-state index in [1.807, 2.05) is 19.9 Å². The first-order valence-corrected chi connectivity index (χ1v) is 9.32. The molecule has 4 rings (SSSR count). The molecule has 0 aromatic heterocycles. The van der Waals surface area contributed by atoms with Gasteiger partial charge >= 0.3 is 0 Å². The largest absolute Gasteiger partial charge is 0.296 e. The molecule has 0 aliphatic heterocycles. The van der Waals surface area contributed by atoms with E-state index in [1.165, 1.54) is 6.92 Å². The van der Waals surface area contributed by atoms with Gasteiger partial charge in [0.1, 0.15) is 0 Å². The van der Waals surface area contributed by atoms with Crippen LogP contribution in [0.15, 0.2) is 23.3 Å². The molecule has 0 saturated heterocycles. The maximum absolute atomic E-state index is 16.6. The van der Waals surface area contributed by atoms with Gasteiger partial charge in [-0.05, 0) is 50.2 Å². The maximum Gasteiger partial charge on any atom is 0.180 e. The number of carbonyl (C=O) groups excluding carboxylic acids is 3. The average Bonchev–Trinajstić information content (AvgIpc) is 2.87. The number of fused-ring (bicyclic) bond motifs is 5. The molecule has 0 radical (unpaired) electrons. The molecule has 0 aromatic carbocycles. The molecule has 4 heteroatoms. The molecule has 0 spiro atoms. The van der Waals surface area contributed by atoms with E-state index >= 15 is 4.39 Å². The normalized spacial score (nSPS) is 45.9. The van der Waals surface area contributed by atoms with Gasteiger partial charge in [-0.25, -0.2) is 4.39 Å². The van der Waals surface area contributed by atoms with Gasteiger partial charge in [-0.1, -0.05) is 25.5 Å². The Kier molecular flexibility index (Phi) is 3.36. The number of halogens is 1. The Balaban J connectivity index is 1.81. The van der Waals surface area contributed by atoms with Crippen molar-refractivity contribution in [3.63, 3.8) is 0 Å². The number of ketones is 3. The summed E-state index contributed by atoms with van der Waals surface area (Å²) in [6.07, 6.45) is 6.26. The minimum Gasteiger partial charge on any atom is -0.296 e. The first-order chi connectivity index (χ1) is 11.6. The van der Waals surface area contributed by atoms with E-state index < -0.39 is 16.5 Å². The summed E-state index contributed by atoms with van der Waals surface area (Å²) < 4.78 is 16.6. The van der Waals surface area contributed by atoms with Crippen molar-refractivity contribution in [2.45, 2.75) is 65.0 Å².